The van der Waals surface area contributed by atoms with E-state index in [4.69, 9.17) is 5.11 Å². The minimum Gasteiger partial charge on any atom is -0.481 e. The minimum atomic E-state index is -3.47. The highest BCUT2D eigenvalue weighted by Crippen LogP contribution is 2.24. The van der Waals surface area contributed by atoms with Crippen molar-refractivity contribution in [1.29, 1.82) is 0 Å². The van der Waals surface area contributed by atoms with Crippen LogP contribution in [-0.4, -0.2) is 25.2 Å². The van der Waals surface area contributed by atoms with Gasteiger partial charge in [0.05, 0.1) is 17.1 Å². The molecule has 98 valence electrons. The largest absolute Gasteiger partial charge is 0.481 e. The molecule has 1 aromatic carbocycles. The fourth-order valence-corrected chi connectivity index (χ4v) is 3.52. The maximum atomic E-state index is 12.0. The first-order valence-electron chi connectivity index (χ1n) is 6.05. The lowest BCUT2D eigenvalue weighted by atomic mass is 9.92. The third-order valence-electron chi connectivity index (χ3n) is 3.26. The Morgan fingerprint density at radius 3 is 2.50 bits per heavy atom. The third kappa shape index (κ3) is 2.90. The first-order valence-corrected chi connectivity index (χ1v) is 7.70. The predicted molar refractivity (Wildman–Crippen MR) is 67.4 cm³/mol. The molecule has 0 saturated heterocycles. The number of carboxylic acids is 1. The number of carbonyl (C=O) groups is 1. The number of rotatable bonds is 4. The Balaban J connectivity index is 2.25. The summed E-state index contributed by atoms with van der Waals surface area (Å²) in [6.45, 7) is 0. The number of aliphatic carboxylic acids is 1. The lowest BCUT2D eigenvalue weighted by Gasteiger charge is -2.16. The van der Waals surface area contributed by atoms with Gasteiger partial charge < -0.3 is 5.11 Å². The quantitative estimate of drug-likeness (QED) is 0.904. The summed E-state index contributed by atoms with van der Waals surface area (Å²) in [7, 11) is -3.47. The van der Waals surface area contributed by atoms with Gasteiger partial charge in [-0.1, -0.05) is 6.07 Å². The summed E-state index contributed by atoms with van der Waals surface area (Å²) in [5.74, 6) is -1.42. The average molecular weight is 268 g/mol. The Hall–Kier alpha value is -1.36. The van der Waals surface area contributed by atoms with Crippen molar-refractivity contribution in [1.82, 2.24) is 0 Å². The fraction of sp³-hybridized carbons (Fsp3) is 0.462. The molecule has 0 spiro atoms. The lowest BCUT2D eigenvalue weighted by molar-refractivity contribution is -0.136. The summed E-state index contributed by atoms with van der Waals surface area (Å²) in [5, 5.41) is 8.55. The van der Waals surface area contributed by atoms with E-state index in [1.54, 1.807) is 12.1 Å². The molecule has 0 heterocycles. The van der Waals surface area contributed by atoms with Crippen LogP contribution >= 0.6 is 0 Å². The van der Waals surface area contributed by atoms with E-state index in [1.165, 1.54) is 5.56 Å². The van der Waals surface area contributed by atoms with Crippen LogP contribution in [-0.2, 0) is 27.5 Å². The zero-order valence-corrected chi connectivity index (χ0v) is 10.9. The van der Waals surface area contributed by atoms with Gasteiger partial charge in [0, 0.05) is 0 Å². The van der Waals surface area contributed by atoms with Crippen molar-refractivity contribution in [3.8, 4) is 0 Å². The van der Waals surface area contributed by atoms with E-state index in [-0.39, 0.29) is 17.1 Å². The normalized spacial score (nSPS) is 15.1. The van der Waals surface area contributed by atoms with Crippen molar-refractivity contribution in [2.24, 2.45) is 0 Å². The number of benzene rings is 1. The SMILES string of the molecule is O=C(O)CCS(=O)(=O)c1ccc2c(c1)CCCC2. The second-order valence-electron chi connectivity index (χ2n) is 4.60. The van der Waals surface area contributed by atoms with Crippen molar-refractivity contribution in [2.75, 3.05) is 5.75 Å². The number of hydrogen-bond donors (Lipinski definition) is 1. The molecular weight excluding hydrogens is 252 g/mol. The van der Waals surface area contributed by atoms with Gasteiger partial charge in [-0.05, 0) is 48.9 Å². The van der Waals surface area contributed by atoms with E-state index in [0.29, 0.717) is 0 Å². The Bertz CT molecular complexity index is 560. The summed E-state index contributed by atoms with van der Waals surface area (Å²) in [5.41, 5.74) is 2.32. The molecule has 0 aromatic heterocycles. The molecule has 0 saturated carbocycles. The van der Waals surface area contributed by atoms with Gasteiger partial charge in [-0.15, -0.1) is 0 Å². The molecule has 4 nitrogen and oxygen atoms in total. The predicted octanol–water partition coefficient (Wildman–Crippen LogP) is 1.81. The summed E-state index contributed by atoms with van der Waals surface area (Å²) >= 11 is 0. The van der Waals surface area contributed by atoms with Gasteiger partial charge in [-0.25, -0.2) is 8.42 Å². The van der Waals surface area contributed by atoms with Crippen LogP contribution in [0.2, 0.25) is 0 Å². The molecule has 0 fully saturated rings. The molecule has 5 heteroatoms. The van der Waals surface area contributed by atoms with Crippen molar-refractivity contribution < 1.29 is 18.3 Å². The summed E-state index contributed by atoms with van der Waals surface area (Å²) in [6, 6.07) is 5.18. The number of hydrogen-bond acceptors (Lipinski definition) is 3. The number of fused-ring (bicyclic) bond motifs is 1. The van der Waals surface area contributed by atoms with E-state index >= 15 is 0 Å². The molecule has 0 amide bonds. The van der Waals surface area contributed by atoms with Crippen molar-refractivity contribution in [3.05, 3.63) is 29.3 Å². The molecule has 2 rings (SSSR count). The molecule has 0 atom stereocenters. The smallest absolute Gasteiger partial charge is 0.304 e. The van der Waals surface area contributed by atoms with Gasteiger partial charge in [-0.3, -0.25) is 4.79 Å². The second-order valence-corrected chi connectivity index (χ2v) is 6.71. The van der Waals surface area contributed by atoms with E-state index in [2.05, 4.69) is 0 Å². The van der Waals surface area contributed by atoms with Crippen molar-refractivity contribution >= 4 is 15.8 Å². The second kappa shape index (κ2) is 5.10. The van der Waals surface area contributed by atoms with Crippen LogP contribution in [0, 0.1) is 0 Å². The molecule has 1 aliphatic rings. The standard InChI is InChI=1S/C13H16O4S/c14-13(15)7-8-18(16,17)12-6-5-10-3-1-2-4-11(10)9-12/h5-6,9H,1-4,7-8H2,(H,14,15). The highest BCUT2D eigenvalue weighted by Gasteiger charge is 2.18. The zero-order valence-electron chi connectivity index (χ0n) is 10.1. The first-order chi connectivity index (χ1) is 8.49. The molecule has 1 aliphatic carbocycles. The van der Waals surface area contributed by atoms with Crippen molar-refractivity contribution in [3.63, 3.8) is 0 Å². The molecule has 0 radical (unpaired) electrons. The number of aryl methyl sites for hydroxylation is 2. The molecule has 0 bridgehead atoms. The van der Waals surface area contributed by atoms with Gasteiger partial charge in [0.1, 0.15) is 0 Å². The lowest BCUT2D eigenvalue weighted by Crippen LogP contribution is -2.12. The van der Waals surface area contributed by atoms with Gasteiger partial charge >= 0.3 is 5.97 Å². The van der Waals surface area contributed by atoms with Gasteiger partial charge in [0.15, 0.2) is 9.84 Å². The third-order valence-corrected chi connectivity index (χ3v) is 4.98. The number of carboxylic acid groups (broad SMARTS) is 1. The molecule has 1 N–H and O–H groups in total. The Morgan fingerprint density at radius 1 is 1.17 bits per heavy atom. The summed E-state index contributed by atoms with van der Waals surface area (Å²) in [6.07, 6.45) is 3.81. The summed E-state index contributed by atoms with van der Waals surface area (Å²) in [4.78, 5) is 10.7. The summed E-state index contributed by atoms with van der Waals surface area (Å²) < 4.78 is 23.9. The molecule has 18 heavy (non-hydrogen) atoms. The van der Waals surface area contributed by atoms with E-state index in [9.17, 15) is 13.2 Å². The molecule has 0 aliphatic heterocycles. The van der Waals surface area contributed by atoms with Crippen LogP contribution in [0.15, 0.2) is 23.1 Å². The topological polar surface area (TPSA) is 71.4 Å². The zero-order chi connectivity index (χ0) is 13.2. The van der Waals surface area contributed by atoms with E-state index in [1.807, 2.05) is 6.07 Å². The monoisotopic (exact) mass is 268 g/mol. The maximum absolute atomic E-state index is 12.0. The van der Waals surface area contributed by atoms with Gasteiger partial charge in [-0.2, -0.15) is 0 Å². The van der Waals surface area contributed by atoms with Crippen LogP contribution in [0.1, 0.15) is 30.4 Å². The highest BCUT2D eigenvalue weighted by atomic mass is 32.2. The molecule has 0 unspecified atom stereocenters. The maximum Gasteiger partial charge on any atom is 0.304 e. The average Bonchev–Trinajstić information content (AvgIpc) is 2.36. The van der Waals surface area contributed by atoms with Crippen LogP contribution in [0.3, 0.4) is 0 Å². The van der Waals surface area contributed by atoms with Gasteiger partial charge in [0.2, 0.25) is 0 Å². The molecule has 1 aromatic rings. The van der Waals surface area contributed by atoms with Crippen LogP contribution < -0.4 is 0 Å². The van der Waals surface area contributed by atoms with E-state index < -0.39 is 15.8 Å². The fourth-order valence-electron chi connectivity index (χ4n) is 2.24. The van der Waals surface area contributed by atoms with Crippen LogP contribution in [0.25, 0.3) is 0 Å². The van der Waals surface area contributed by atoms with Gasteiger partial charge in [0.25, 0.3) is 0 Å². The molecular formula is C13H16O4S. The first kappa shape index (κ1) is 13.1. The Morgan fingerprint density at radius 2 is 1.83 bits per heavy atom. The van der Waals surface area contributed by atoms with Crippen molar-refractivity contribution in [2.45, 2.75) is 37.0 Å². The minimum absolute atomic E-state index is 0.254. The van der Waals surface area contributed by atoms with E-state index in [0.717, 1.165) is 31.2 Å². The van der Waals surface area contributed by atoms with Crippen LogP contribution in [0.4, 0.5) is 0 Å². The Labute approximate surface area is 107 Å². The Kier molecular flexibility index (Phi) is 3.71. The number of sulfone groups is 1. The van der Waals surface area contributed by atoms with Crippen LogP contribution in [0.5, 0.6) is 0 Å². The highest BCUT2D eigenvalue weighted by molar-refractivity contribution is 7.91.